The van der Waals surface area contributed by atoms with E-state index in [0.717, 1.165) is 24.9 Å². The molecule has 2 aromatic carbocycles. The molecule has 0 spiro atoms. The summed E-state index contributed by atoms with van der Waals surface area (Å²) < 4.78 is 28.9. The van der Waals surface area contributed by atoms with E-state index in [1.54, 1.807) is 25.1 Å². The summed E-state index contributed by atoms with van der Waals surface area (Å²) >= 11 is 6.47. The van der Waals surface area contributed by atoms with E-state index in [1.807, 2.05) is 30.3 Å². The zero-order chi connectivity index (χ0) is 22.0. The Morgan fingerprint density at radius 2 is 1.74 bits per heavy atom. The molecule has 31 heavy (non-hydrogen) atoms. The van der Waals surface area contributed by atoms with Gasteiger partial charge in [-0.3, -0.25) is 4.79 Å². The minimum Gasteiger partial charge on any atom is -0.322 e. The van der Waals surface area contributed by atoms with E-state index in [1.165, 1.54) is 15.1 Å². The van der Waals surface area contributed by atoms with Crippen molar-refractivity contribution in [2.24, 2.45) is 0 Å². The lowest BCUT2D eigenvalue weighted by molar-refractivity contribution is 0.102. The summed E-state index contributed by atoms with van der Waals surface area (Å²) in [4.78, 5) is 13.1. The first kappa shape index (κ1) is 21.5. The third-order valence-corrected chi connectivity index (χ3v) is 7.52. The number of carbonyl (C=O) groups excluding carboxylic acids is 1. The Balaban J connectivity index is 1.59. The van der Waals surface area contributed by atoms with Crippen LogP contribution in [0.3, 0.4) is 0 Å². The van der Waals surface area contributed by atoms with Crippen molar-refractivity contribution in [2.75, 3.05) is 18.4 Å². The molecule has 9 heteroatoms. The predicted octanol–water partition coefficient (Wildman–Crippen LogP) is 4.26. The lowest BCUT2D eigenvalue weighted by Crippen LogP contribution is -2.35. The van der Waals surface area contributed by atoms with Crippen molar-refractivity contribution >= 4 is 33.2 Å². The number of nitrogens with one attached hydrogen (secondary N) is 1. The summed E-state index contributed by atoms with van der Waals surface area (Å²) in [7, 11) is -3.59. The number of sulfonamides is 1. The average molecular weight is 459 g/mol. The highest BCUT2D eigenvalue weighted by atomic mass is 35.5. The molecule has 1 aromatic heterocycles. The number of aryl methyl sites for hydroxylation is 1. The Morgan fingerprint density at radius 3 is 2.45 bits per heavy atom. The van der Waals surface area contributed by atoms with Crippen LogP contribution < -0.4 is 5.32 Å². The van der Waals surface area contributed by atoms with Gasteiger partial charge in [-0.15, -0.1) is 0 Å². The van der Waals surface area contributed by atoms with Crippen LogP contribution in [-0.2, 0) is 10.0 Å². The number of benzene rings is 2. The number of para-hydroxylation sites is 1. The highest BCUT2D eigenvalue weighted by Gasteiger charge is 2.26. The molecule has 3 aromatic rings. The molecule has 7 nitrogen and oxygen atoms in total. The predicted molar refractivity (Wildman–Crippen MR) is 120 cm³/mol. The van der Waals surface area contributed by atoms with Crippen LogP contribution >= 0.6 is 11.6 Å². The Morgan fingerprint density at radius 1 is 1.03 bits per heavy atom. The normalized spacial score (nSPS) is 15.0. The number of amides is 1. The van der Waals surface area contributed by atoms with Gasteiger partial charge in [-0.05, 0) is 50.1 Å². The zero-order valence-corrected chi connectivity index (χ0v) is 18.7. The summed E-state index contributed by atoms with van der Waals surface area (Å²) in [5.74, 6) is -0.447. The monoisotopic (exact) mass is 458 g/mol. The summed E-state index contributed by atoms with van der Waals surface area (Å²) in [6, 6.07) is 15.6. The maximum atomic E-state index is 13.0. The van der Waals surface area contributed by atoms with E-state index in [4.69, 9.17) is 11.6 Å². The topological polar surface area (TPSA) is 84.3 Å². The smallest absolute Gasteiger partial charge is 0.260 e. The van der Waals surface area contributed by atoms with Crippen LogP contribution in [0.15, 0.2) is 59.5 Å². The van der Waals surface area contributed by atoms with Crippen LogP contribution in [0, 0.1) is 6.92 Å². The van der Waals surface area contributed by atoms with Crippen LogP contribution in [0.5, 0.6) is 0 Å². The fourth-order valence-corrected chi connectivity index (χ4v) is 5.60. The van der Waals surface area contributed by atoms with Gasteiger partial charge in [-0.2, -0.15) is 9.40 Å². The first-order chi connectivity index (χ1) is 14.9. The van der Waals surface area contributed by atoms with Crippen molar-refractivity contribution < 1.29 is 13.2 Å². The number of rotatable bonds is 5. The van der Waals surface area contributed by atoms with Crippen molar-refractivity contribution in [3.8, 4) is 5.69 Å². The fourth-order valence-electron chi connectivity index (χ4n) is 3.68. The molecule has 0 unspecified atom stereocenters. The van der Waals surface area contributed by atoms with Gasteiger partial charge in [0.1, 0.15) is 10.7 Å². The Labute approximate surface area is 186 Å². The van der Waals surface area contributed by atoms with Gasteiger partial charge in [0.25, 0.3) is 5.91 Å². The minimum absolute atomic E-state index is 0.162. The maximum absolute atomic E-state index is 13.0. The van der Waals surface area contributed by atoms with Crippen molar-refractivity contribution in [1.82, 2.24) is 14.1 Å². The van der Waals surface area contributed by atoms with E-state index in [0.29, 0.717) is 24.5 Å². The Bertz CT molecular complexity index is 1200. The summed E-state index contributed by atoms with van der Waals surface area (Å²) in [6.07, 6.45) is 2.76. The van der Waals surface area contributed by atoms with Crippen LogP contribution in [-0.4, -0.2) is 41.5 Å². The molecule has 1 aliphatic heterocycles. The van der Waals surface area contributed by atoms with Crippen LogP contribution in [0.2, 0.25) is 5.15 Å². The minimum atomic E-state index is -3.59. The number of nitrogens with zero attached hydrogens (tertiary/aromatic N) is 3. The van der Waals surface area contributed by atoms with Crippen molar-refractivity contribution in [3.63, 3.8) is 0 Å². The molecule has 0 saturated carbocycles. The van der Waals surface area contributed by atoms with E-state index in [-0.39, 0.29) is 15.6 Å². The molecular formula is C22H23ClN4O3S. The summed E-state index contributed by atoms with van der Waals surface area (Å²) in [5.41, 5.74) is 1.84. The molecule has 1 aliphatic rings. The zero-order valence-electron chi connectivity index (χ0n) is 17.1. The molecule has 162 valence electrons. The number of hydrogen-bond donors (Lipinski definition) is 1. The molecule has 0 aliphatic carbocycles. The van der Waals surface area contributed by atoms with Gasteiger partial charge in [0, 0.05) is 18.8 Å². The lowest BCUT2D eigenvalue weighted by Gasteiger charge is -2.26. The summed E-state index contributed by atoms with van der Waals surface area (Å²) in [6.45, 7) is 2.75. The molecule has 1 N–H and O–H groups in total. The molecule has 4 rings (SSSR count). The number of anilines is 1. The standard InChI is InChI=1S/C22H23ClN4O3S/c1-16-20(21(23)27(25-16)18-10-4-2-5-11-18)22(28)24-17-9-8-12-19(15-17)31(29,30)26-13-6-3-7-14-26/h2,4-5,8-12,15H,3,6-7,13-14H2,1H3,(H,24,28). The molecular weight excluding hydrogens is 436 g/mol. The third kappa shape index (κ3) is 4.37. The van der Waals surface area contributed by atoms with Gasteiger partial charge >= 0.3 is 0 Å². The Kier molecular flexibility index (Phi) is 6.13. The molecule has 1 amide bonds. The number of carbonyl (C=O) groups is 1. The second kappa shape index (κ2) is 8.82. The fraction of sp³-hybridized carbons (Fsp3) is 0.273. The van der Waals surface area contributed by atoms with E-state index in [2.05, 4.69) is 10.4 Å². The molecule has 0 atom stereocenters. The summed E-state index contributed by atoms with van der Waals surface area (Å²) in [5, 5.41) is 7.34. The SMILES string of the molecule is Cc1nn(-c2ccccc2)c(Cl)c1C(=O)Nc1cccc(S(=O)(=O)N2CCCCC2)c1. The lowest BCUT2D eigenvalue weighted by atomic mass is 10.2. The van der Waals surface area contributed by atoms with Crippen molar-refractivity contribution in [3.05, 3.63) is 71.0 Å². The molecule has 0 radical (unpaired) electrons. The van der Waals surface area contributed by atoms with Gasteiger partial charge in [-0.25, -0.2) is 13.1 Å². The first-order valence-electron chi connectivity index (χ1n) is 10.1. The number of piperidine rings is 1. The second-order valence-corrected chi connectivity index (χ2v) is 9.74. The molecule has 2 heterocycles. The van der Waals surface area contributed by atoms with Crippen LogP contribution in [0.25, 0.3) is 5.69 Å². The molecule has 0 bridgehead atoms. The van der Waals surface area contributed by atoms with Gasteiger partial charge < -0.3 is 5.32 Å². The van der Waals surface area contributed by atoms with Crippen LogP contribution in [0.1, 0.15) is 35.3 Å². The molecule has 1 fully saturated rings. The molecule has 1 saturated heterocycles. The highest BCUT2D eigenvalue weighted by molar-refractivity contribution is 7.89. The van der Waals surface area contributed by atoms with Crippen molar-refractivity contribution in [2.45, 2.75) is 31.1 Å². The average Bonchev–Trinajstić information content (AvgIpc) is 3.09. The van der Waals surface area contributed by atoms with Gasteiger partial charge in [0.05, 0.1) is 16.3 Å². The quantitative estimate of drug-likeness (QED) is 0.619. The van der Waals surface area contributed by atoms with Gasteiger partial charge in [0.2, 0.25) is 10.0 Å². The third-order valence-electron chi connectivity index (χ3n) is 5.28. The van der Waals surface area contributed by atoms with E-state index >= 15 is 0 Å². The van der Waals surface area contributed by atoms with Gasteiger partial charge in [0.15, 0.2) is 0 Å². The number of aromatic nitrogens is 2. The first-order valence-corrected chi connectivity index (χ1v) is 11.9. The maximum Gasteiger partial charge on any atom is 0.260 e. The number of hydrogen-bond acceptors (Lipinski definition) is 4. The Hall–Kier alpha value is -2.68. The van der Waals surface area contributed by atoms with Gasteiger partial charge in [-0.1, -0.05) is 42.3 Å². The highest BCUT2D eigenvalue weighted by Crippen LogP contribution is 2.26. The second-order valence-electron chi connectivity index (χ2n) is 7.45. The van der Waals surface area contributed by atoms with E-state index in [9.17, 15) is 13.2 Å². The largest absolute Gasteiger partial charge is 0.322 e. The van der Waals surface area contributed by atoms with Crippen LogP contribution in [0.4, 0.5) is 5.69 Å². The number of halogens is 1. The van der Waals surface area contributed by atoms with E-state index < -0.39 is 15.9 Å². The van der Waals surface area contributed by atoms with Crippen molar-refractivity contribution in [1.29, 1.82) is 0 Å².